The molecule has 20 heavy (non-hydrogen) atoms. The summed E-state index contributed by atoms with van der Waals surface area (Å²) < 4.78 is 13.2. The first kappa shape index (κ1) is 14.2. The molecule has 0 fully saturated rings. The Labute approximate surface area is 117 Å². The Morgan fingerprint density at radius 2 is 1.95 bits per heavy atom. The molecule has 0 bridgehead atoms. The lowest BCUT2D eigenvalue weighted by atomic mass is 10.0. The molecule has 0 aliphatic carbocycles. The van der Waals surface area contributed by atoms with Gasteiger partial charge in [-0.05, 0) is 36.2 Å². The van der Waals surface area contributed by atoms with Gasteiger partial charge in [-0.2, -0.15) is 0 Å². The minimum absolute atomic E-state index is 0.152. The summed E-state index contributed by atoms with van der Waals surface area (Å²) in [6.45, 7) is 1.77. The second-order valence-electron chi connectivity index (χ2n) is 4.79. The van der Waals surface area contributed by atoms with Gasteiger partial charge in [-0.1, -0.05) is 30.3 Å². The smallest absolute Gasteiger partial charge is 0.226 e. The maximum Gasteiger partial charge on any atom is 0.226 e. The van der Waals surface area contributed by atoms with Crippen LogP contribution in [-0.2, 0) is 4.79 Å². The number of halogens is 1. The highest BCUT2D eigenvalue weighted by molar-refractivity contribution is 5.91. The van der Waals surface area contributed by atoms with Crippen LogP contribution in [0.2, 0.25) is 0 Å². The monoisotopic (exact) mass is 272 g/mol. The fraction of sp³-hybridized carbons (Fsp3) is 0.188. The molecule has 0 aromatic heterocycles. The molecule has 0 radical (unpaired) electrons. The molecule has 2 aromatic rings. The van der Waals surface area contributed by atoms with E-state index in [9.17, 15) is 9.18 Å². The van der Waals surface area contributed by atoms with E-state index in [-0.39, 0.29) is 24.2 Å². The van der Waals surface area contributed by atoms with Crippen molar-refractivity contribution in [3.05, 3.63) is 65.5 Å². The molecular weight excluding hydrogens is 255 g/mol. The molecule has 4 heteroatoms. The second kappa shape index (κ2) is 6.30. The molecule has 3 nitrogen and oxygen atoms in total. The van der Waals surface area contributed by atoms with Crippen LogP contribution in [0.4, 0.5) is 10.1 Å². The Kier molecular flexibility index (Phi) is 4.48. The lowest BCUT2D eigenvalue weighted by Gasteiger charge is -2.12. The second-order valence-corrected chi connectivity index (χ2v) is 4.79. The van der Waals surface area contributed by atoms with Gasteiger partial charge in [0, 0.05) is 18.2 Å². The van der Waals surface area contributed by atoms with Crippen LogP contribution in [0.15, 0.2) is 48.5 Å². The summed E-state index contributed by atoms with van der Waals surface area (Å²) >= 11 is 0. The van der Waals surface area contributed by atoms with Crippen molar-refractivity contribution in [2.75, 3.05) is 5.32 Å². The van der Waals surface area contributed by atoms with Crippen molar-refractivity contribution < 1.29 is 9.18 Å². The third kappa shape index (κ3) is 3.90. The van der Waals surface area contributed by atoms with Gasteiger partial charge in [-0.25, -0.2) is 4.39 Å². The first-order chi connectivity index (χ1) is 9.54. The number of amides is 1. The number of benzene rings is 2. The van der Waals surface area contributed by atoms with Gasteiger partial charge in [-0.3, -0.25) is 4.79 Å². The topological polar surface area (TPSA) is 55.1 Å². The molecule has 3 N–H and O–H groups in total. The highest BCUT2D eigenvalue weighted by atomic mass is 19.1. The molecule has 1 atom stereocenters. The van der Waals surface area contributed by atoms with E-state index in [1.807, 2.05) is 30.3 Å². The Balaban J connectivity index is 1.99. The van der Waals surface area contributed by atoms with Crippen LogP contribution in [0.1, 0.15) is 23.6 Å². The van der Waals surface area contributed by atoms with Crippen molar-refractivity contribution in [1.29, 1.82) is 0 Å². The molecule has 1 amide bonds. The van der Waals surface area contributed by atoms with Gasteiger partial charge in [0.25, 0.3) is 0 Å². The van der Waals surface area contributed by atoms with E-state index in [4.69, 9.17) is 5.73 Å². The molecule has 1 unspecified atom stereocenters. The van der Waals surface area contributed by atoms with Crippen LogP contribution >= 0.6 is 0 Å². The zero-order chi connectivity index (χ0) is 14.5. The first-order valence-corrected chi connectivity index (χ1v) is 6.42. The van der Waals surface area contributed by atoms with E-state index >= 15 is 0 Å². The number of carbonyl (C=O) groups excluding carboxylic acids is 1. The maximum atomic E-state index is 13.2. The lowest BCUT2D eigenvalue weighted by Crippen LogP contribution is -2.20. The maximum absolute atomic E-state index is 13.2. The Hall–Kier alpha value is -2.20. The van der Waals surface area contributed by atoms with Gasteiger partial charge in [0.1, 0.15) is 5.82 Å². The molecule has 0 aliphatic rings. The third-order valence-electron chi connectivity index (χ3n) is 2.96. The van der Waals surface area contributed by atoms with Crippen molar-refractivity contribution >= 4 is 11.6 Å². The van der Waals surface area contributed by atoms with E-state index in [1.165, 1.54) is 12.1 Å². The van der Waals surface area contributed by atoms with Gasteiger partial charge in [0.15, 0.2) is 0 Å². The number of nitrogens with two attached hydrogens (primary N) is 1. The van der Waals surface area contributed by atoms with E-state index < -0.39 is 0 Å². The molecule has 2 aromatic carbocycles. The Morgan fingerprint density at radius 1 is 1.25 bits per heavy atom. The largest absolute Gasteiger partial charge is 0.326 e. The van der Waals surface area contributed by atoms with Gasteiger partial charge in [-0.15, -0.1) is 0 Å². The molecule has 2 rings (SSSR count). The summed E-state index contributed by atoms with van der Waals surface area (Å²) in [4.78, 5) is 11.9. The van der Waals surface area contributed by atoms with Crippen LogP contribution < -0.4 is 11.1 Å². The number of aryl methyl sites for hydroxylation is 1. The lowest BCUT2D eigenvalue weighted by molar-refractivity contribution is -0.116. The van der Waals surface area contributed by atoms with Gasteiger partial charge >= 0.3 is 0 Å². The molecule has 0 aliphatic heterocycles. The summed E-state index contributed by atoms with van der Waals surface area (Å²) in [6, 6.07) is 13.5. The zero-order valence-corrected chi connectivity index (χ0v) is 11.3. The van der Waals surface area contributed by atoms with Crippen LogP contribution in [0.3, 0.4) is 0 Å². The minimum atomic E-state index is -0.370. The van der Waals surface area contributed by atoms with Crippen molar-refractivity contribution in [1.82, 2.24) is 0 Å². The fourth-order valence-electron chi connectivity index (χ4n) is 2.04. The number of rotatable bonds is 4. The molecule has 104 valence electrons. The van der Waals surface area contributed by atoms with E-state index in [0.717, 1.165) is 11.1 Å². The van der Waals surface area contributed by atoms with Gasteiger partial charge in [0.2, 0.25) is 5.91 Å². The van der Waals surface area contributed by atoms with Crippen molar-refractivity contribution in [3.8, 4) is 0 Å². The van der Waals surface area contributed by atoms with Crippen LogP contribution in [-0.4, -0.2) is 5.91 Å². The van der Waals surface area contributed by atoms with Crippen molar-refractivity contribution in [3.63, 3.8) is 0 Å². The molecule has 0 saturated carbocycles. The van der Waals surface area contributed by atoms with Gasteiger partial charge in [0.05, 0.1) is 0 Å². The fourth-order valence-corrected chi connectivity index (χ4v) is 2.04. The summed E-state index contributed by atoms with van der Waals surface area (Å²) in [7, 11) is 0. The first-order valence-electron chi connectivity index (χ1n) is 6.42. The molecular formula is C16H17FN2O. The Morgan fingerprint density at radius 3 is 2.60 bits per heavy atom. The average Bonchev–Trinajstić information content (AvgIpc) is 2.38. The van der Waals surface area contributed by atoms with Crippen LogP contribution in [0, 0.1) is 12.7 Å². The summed E-state index contributed by atoms with van der Waals surface area (Å²) in [5.74, 6) is -0.598. The SMILES string of the molecule is Cc1cc(F)cc(NC(=O)CC(N)c2ccccc2)c1. The average molecular weight is 272 g/mol. The standard InChI is InChI=1S/C16H17FN2O/c1-11-7-13(17)9-14(8-11)19-16(20)10-15(18)12-5-3-2-4-6-12/h2-9,15H,10,18H2,1H3,(H,19,20). The number of carbonyl (C=O) groups is 1. The van der Waals surface area contributed by atoms with Crippen molar-refractivity contribution in [2.45, 2.75) is 19.4 Å². The van der Waals surface area contributed by atoms with E-state index in [2.05, 4.69) is 5.32 Å². The van der Waals surface area contributed by atoms with Crippen molar-refractivity contribution in [2.24, 2.45) is 5.73 Å². The van der Waals surface area contributed by atoms with E-state index in [1.54, 1.807) is 13.0 Å². The highest BCUT2D eigenvalue weighted by Crippen LogP contribution is 2.17. The van der Waals surface area contributed by atoms with E-state index in [0.29, 0.717) is 5.69 Å². The molecule has 0 saturated heterocycles. The predicted octanol–water partition coefficient (Wildman–Crippen LogP) is 3.16. The normalized spacial score (nSPS) is 11.9. The van der Waals surface area contributed by atoms with Gasteiger partial charge < -0.3 is 11.1 Å². The zero-order valence-electron chi connectivity index (χ0n) is 11.3. The van der Waals surface area contributed by atoms with Crippen LogP contribution in [0.5, 0.6) is 0 Å². The number of hydrogen-bond acceptors (Lipinski definition) is 2. The minimum Gasteiger partial charge on any atom is -0.326 e. The third-order valence-corrected chi connectivity index (χ3v) is 2.96. The van der Waals surface area contributed by atoms with Crippen LogP contribution in [0.25, 0.3) is 0 Å². The highest BCUT2D eigenvalue weighted by Gasteiger charge is 2.12. The Bertz CT molecular complexity index is 578. The quantitative estimate of drug-likeness (QED) is 0.898. The summed E-state index contributed by atoms with van der Waals surface area (Å²) in [5, 5.41) is 2.67. The molecule has 0 spiro atoms. The summed E-state index contributed by atoms with van der Waals surface area (Å²) in [5.41, 5.74) is 8.08. The number of anilines is 1. The summed E-state index contributed by atoms with van der Waals surface area (Å²) in [6.07, 6.45) is 0.152. The number of hydrogen-bond donors (Lipinski definition) is 2. The number of nitrogens with one attached hydrogen (secondary N) is 1. The molecule has 0 heterocycles. The predicted molar refractivity (Wildman–Crippen MR) is 77.8 cm³/mol.